The molecule has 1 aromatic carbocycles. The largest absolute Gasteiger partial charge is 0.396 e. The van der Waals surface area contributed by atoms with E-state index in [0.717, 1.165) is 18.5 Å². The number of primary amides is 1. The lowest BCUT2D eigenvalue weighted by Crippen LogP contribution is -2.25. The second kappa shape index (κ2) is 5.31. The number of para-hydroxylation sites is 1. The zero-order chi connectivity index (χ0) is 12.3. The molecule has 0 aliphatic carbocycles. The van der Waals surface area contributed by atoms with Gasteiger partial charge in [0.15, 0.2) is 0 Å². The summed E-state index contributed by atoms with van der Waals surface area (Å²) in [4.78, 5) is 11.2. The van der Waals surface area contributed by atoms with Crippen molar-refractivity contribution in [1.82, 2.24) is 0 Å². The Morgan fingerprint density at radius 1 is 1.35 bits per heavy atom. The summed E-state index contributed by atoms with van der Waals surface area (Å²) in [6.45, 7) is 0. The van der Waals surface area contributed by atoms with Crippen LogP contribution in [0.15, 0.2) is 18.2 Å². The maximum absolute atomic E-state index is 11.2. The van der Waals surface area contributed by atoms with E-state index in [0.29, 0.717) is 17.3 Å². The van der Waals surface area contributed by atoms with E-state index in [1.807, 2.05) is 17.8 Å². The molecule has 5 N–H and O–H groups in total. The van der Waals surface area contributed by atoms with Gasteiger partial charge in [-0.15, -0.1) is 0 Å². The molecule has 0 atom stereocenters. The van der Waals surface area contributed by atoms with Gasteiger partial charge in [0.2, 0.25) is 0 Å². The van der Waals surface area contributed by atoms with Crippen LogP contribution < -0.4 is 16.8 Å². The van der Waals surface area contributed by atoms with Crippen LogP contribution >= 0.6 is 11.8 Å². The molecule has 0 radical (unpaired) electrons. The van der Waals surface area contributed by atoms with Gasteiger partial charge in [-0.1, -0.05) is 6.07 Å². The highest BCUT2D eigenvalue weighted by Crippen LogP contribution is 2.26. The summed E-state index contributed by atoms with van der Waals surface area (Å²) in [7, 11) is 0. The van der Waals surface area contributed by atoms with Crippen molar-refractivity contribution in [1.29, 1.82) is 0 Å². The molecule has 1 aliphatic rings. The highest BCUT2D eigenvalue weighted by Gasteiger charge is 2.16. The van der Waals surface area contributed by atoms with E-state index in [1.165, 1.54) is 11.5 Å². The molecule has 5 heteroatoms. The lowest BCUT2D eigenvalue weighted by atomic mass is 10.1. The number of nitrogen functional groups attached to an aromatic ring is 1. The van der Waals surface area contributed by atoms with Crippen molar-refractivity contribution in [2.45, 2.75) is 18.9 Å². The first-order chi connectivity index (χ1) is 8.18. The lowest BCUT2D eigenvalue weighted by Gasteiger charge is -2.24. The number of nitrogens with one attached hydrogen (secondary N) is 1. The van der Waals surface area contributed by atoms with Crippen molar-refractivity contribution in [2.75, 3.05) is 22.6 Å². The van der Waals surface area contributed by atoms with Crippen molar-refractivity contribution < 1.29 is 4.79 Å². The minimum Gasteiger partial charge on any atom is -0.396 e. The maximum Gasteiger partial charge on any atom is 0.250 e. The third kappa shape index (κ3) is 2.85. The Morgan fingerprint density at radius 3 is 2.71 bits per heavy atom. The first-order valence-corrected chi connectivity index (χ1v) is 6.86. The maximum atomic E-state index is 11.2. The van der Waals surface area contributed by atoms with Crippen molar-refractivity contribution in [3.63, 3.8) is 0 Å². The summed E-state index contributed by atoms with van der Waals surface area (Å²) in [6.07, 6.45) is 2.26. The van der Waals surface area contributed by atoms with Gasteiger partial charge in [-0.25, -0.2) is 0 Å². The number of rotatable bonds is 3. The molecule has 0 bridgehead atoms. The van der Waals surface area contributed by atoms with Crippen LogP contribution in [0, 0.1) is 0 Å². The molecule has 1 aromatic rings. The molecular formula is C12H17N3OS. The molecule has 0 spiro atoms. The minimum absolute atomic E-state index is 0.389. The van der Waals surface area contributed by atoms with Crippen LogP contribution in [0.1, 0.15) is 23.2 Å². The number of nitrogens with two attached hydrogens (primary N) is 2. The zero-order valence-corrected chi connectivity index (χ0v) is 10.4. The van der Waals surface area contributed by atoms with Gasteiger partial charge in [0, 0.05) is 6.04 Å². The van der Waals surface area contributed by atoms with Gasteiger partial charge in [-0.05, 0) is 36.5 Å². The normalized spacial score (nSPS) is 16.7. The fourth-order valence-electron chi connectivity index (χ4n) is 1.97. The molecule has 1 heterocycles. The summed E-state index contributed by atoms with van der Waals surface area (Å²) in [5.41, 5.74) is 12.9. The second-order valence-corrected chi connectivity index (χ2v) is 5.39. The monoisotopic (exact) mass is 251 g/mol. The van der Waals surface area contributed by atoms with Gasteiger partial charge >= 0.3 is 0 Å². The van der Waals surface area contributed by atoms with Crippen molar-refractivity contribution in [2.24, 2.45) is 5.73 Å². The highest BCUT2D eigenvalue weighted by atomic mass is 32.2. The Balaban J connectivity index is 2.15. The number of benzene rings is 1. The van der Waals surface area contributed by atoms with Crippen molar-refractivity contribution in [3.8, 4) is 0 Å². The minimum atomic E-state index is -0.481. The van der Waals surface area contributed by atoms with Crippen molar-refractivity contribution in [3.05, 3.63) is 23.8 Å². The van der Waals surface area contributed by atoms with Crippen LogP contribution in [0.2, 0.25) is 0 Å². The summed E-state index contributed by atoms with van der Waals surface area (Å²) in [5.74, 6) is 1.87. The molecule has 1 aliphatic heterocycles. The van der Waals surface area contributed by atoms with Crippen LogP contribution in [0.25, 0.3) is 0 Å². The Bertz CT molecular complexity index is 416. The Morgan fingerprint density at radius 2 is 2.06 bits per heavy atom. The summed E-state index contributed by atoms with van der Waals surface area (Å²) < 4.78 is 0. The van der Waals surface area contributed by atoms with E-state index in [-0.39, 0.29) is 0 Å². The fraction of sp³-hybridized carbons (Fsp3) is 0.417. The zero-order valence-electron chi connectivity index (χ0n) is 9.61. The summed E-state index contributed by atoms with van der Waals surface area (Å²) in [5, 5.41) is 3.40. The van der Waals surface area contributed by atoms with Crippen LogP contribution in [0.5, 0.6) is 0 Å². The molecule has 0 saturated carbocycles. The van der Waals surface area contributed by atoms with Crippen LogP contribution in [0.4, 0.5) is 11.4 Å². The molecule has 92 valence electrons. The molecule has 1 saturated heterocycles. The topological polar surface area (TPSA) is 81.1 Å². The number of carbonyl (C=O) groups excluding carboxylic acids is 1. The third-order valence-electron chi connectivity index (χ3n) is 2.95. The molecule has 0 aromatic heterocycles. The van der Waals surface area contributed by atoms with E-state index < -0.39 is 5.91 Å². The standard InChI is InChI=1S/C12H17N3OS/c13-11-9(12(14)16)2-1-3-10(11)15-8-4-6-17-7-5-8/h1-3,8,15H,4-7,13H2,(H2,14,16). The number of hydrogen-bond donors (Lipinski definition) is 3. The van der Waals surface area contributed by atoms with Crippen molar-refractivity contribution >= 4 is 29.0 Å². The first-order valence-electron chi connectivity index (χ1n) is 5.71. The number of amides is 1. The Kier molecular flexibility index (Phi) is 3.78. The lowest BCUT2D eigenvalue weighted by molar-refractivity contribution is 0.100. The van der Waals surface area contributed by atoms with E-state index in [9.17, 15) is 4.79 Å². The molecule has 0 unspecified atom stereocenters. The number of anilines is 2. The van der Waals surface area contributed by atoms with Gasteiger partial charge in [0.1, 0.15) is 0 Å². The van der Waals surface area contributed by atoms with E-state index in [2.05, 4.69) is 5.32 Å². The summed E-state index contributed by atoms with van der Waals surface area (Å²) >= 11 is 1.98. The first kappa shape index (κ1) is 12.1. The number of hydrogen-bond acceptors (Lipinski definition) is 4. The average molecular weight is 251 g/mol. The molecule has 1 amide bonds. The third-order valence-corrected chi connectivity index (χ3v) is 4.00. The van der Waals surface area contributed by atoms with Crippen LogP contribution in [0.3, 0.4) is 0 Å². The number of thioether (sulfide) groups is 1. The van der Waals surface area contributed by atoms with Gasteiger partial charge < -0.3 is 16.8 Å². The number of carbonyl (C=O) groups is 1. The Hall–Kier alpha value is -1.36. The molecule has 4 nitrogen and oxygen atoms in total. The highest BCUT2D eigenvalue weighted by molar-refractivity contribution is 7.99. The smallest absolute Gasteiger partial charge is 0.250 e. The average Bonchev–Trinajstić information content (AvgIpc) is 2.33. The van der Waals surface area contributed by atoms with Gasteiger partial charge in [0.25, 0.3) is 5.91 Å². The van der Waals surface area contributed by atoms with Crippen LogP contribution in [-0.2, 0) is 0 Å². The molecular weight excluding hydrogens is 234 g/mol. The predicted molar refractivity (Wildman–Crippen MR) is 73.3 cm³/mol. The summed E-state index contributed by atoms with van der Waals surface area (Å²) in [6, 6.07) is 5.79. The van der Waals surface area contributed by atoms with E-state index >= 15 is 0 Å². The fourth-order valence-corrected chi connectivity index (χ4v) is 3.07. The van der Waals surface area contributed by atoms with Gasteiger partial charge in [0.05, 0.1) is 16.9 Å². The molecule has 17 heavy (non-hydrogen) atoms. The van der Waals surface area contributed by atoms with E-state index in [1.54, 1.807) is 12.1 Å². The quantitative estimate of drug-likeness (QED) is 0.714. The second-order valence-electron chi connectivity index (χ2n) is 4.16. The van der Waals surface area contributed by atoms with Crippen LogP contribution in [-0.4, -0.2) is 23.5 Å². The van der Waals surface area contributed by atoms with Gasteiger partial charge in [-0.2, -0.15) is 11.8 Å². The Labute approximate surface area is 105 Å². The predicted octanol–water partition coefficient (Wildman–Crippen LogP) is 1.68. The molecule has 2 rings (SSSR count). The van der Waals surface area contributed by atoms with Gasteiger partial charge in [-0.3, -0.25) is 4.79 Å². The molecule has 1 fully saturated rings. The van der Waals surface area contributed by atoms with E-state index in [4.69, 9.17) is 11.5 Å². The SMILES string of the molecule is NC(=O)c1cccc(NC2CCSCC2)c1N.